The zero-order valence-corrected chi connectivity index (χ0v) is 20.2. The van der Waals surface area contributed by atoms with Crippen molar-refractivity contribution in [3.8, 4) is 0 Å². The van der Waals surface area contributed by atoms with E-state index < -0.39 is 0 Å². The molecule has 1 unspecified atom stereocenters. The van der Waals surface area contributed by atoms with Gasteiger partial charge in [-0.2, -0.15) is 0 Å². The summed E-state index contributed by atoms with van der Waals surface area (Å²) in [6, 6.07) is 8.67. The molecule has 0 spiro atoms. The Labute approximate surface area is 187 Å². The van der Waals surface area contributed by atoms with Gasteiger partial charge in [0.25, 0.3) is 0 Å². The number of aliphatic imine (C=N–C) groups is 1. The molecule has 6 nitrogen and oxygen atoms in total. The summed E-state index contributed by atoms with van der Waals surface area (Å²) in [6.45, 7) is 6.90. The van der Waals surface area contributed by atoms with Crippen molar-refractivity contribution in [2.24, 2.45) is 10.9 Å². The van der Waals surface area contributed by atoms with Crippen molar-refractivity contribution in [2.45, 2.75) is 45.7 Å². The fourth-order valence-electron chi connectivity index (χ4n) is 3.36. The van der Waals surface area contributed by atoms with E-state index in [9.17, 15) is 4.79 Å². The average Bonchev–Trinajstić information content (AvgIpc) is 3.06. The van der Waals surface area contributed by atoms with Crippen molar-refractivity contribution in [2.75, 3.05) is 39.1 Å². The highest BCUT2D eigenvalue weighted by Crippen LogP contribution is 2.21. The van der Waals surface area contributed by atoms with Gasteiger partial charge in [-0.15, -0.1) is 24.0 Å². The van der Waals surface area contributed by atoms with E-state index in [0.29, 0.717) is 24.9 Å². The maximum absolute atomic E-state index is 11.8. The molecular weight excluding hydrogens is 465 g/mol. The third-order valence-corrected chi connectivity index (χ3v) is 4.98. The molecule has 1 aromatic carbocycles. The number of carbonyl (C=O) groups is 1. The highest BCUT2D eigenvalue weighted by Gasteiger charge is 2.21. The van der Waals surface area contributed by atoms with Gasteiger partial charge in [0.2, 0.25) is 5.91 Å². The van der Waals surface area contributed by atoms with Crippen LogP contribution in [0.25, 0.3) is 0 Å². The van der Waals surface area contributed by atoms with Gasteiger partial charge in [-0.3, -0.25) is 9.79 Å². The maximum atomic E-state index is 11.8. The van der Waals surface area contributed by atoms with Gasteiger partial charge in [0.05, 0.1) is 0 Å². The Balaban J connectivity index is 0.00000392. The van der Waals surface area contributed by atoms with E-state index in [1.807, 2.05) is 17.0 Å². The second-order valence-electron chi connectivity index (χ2n) is 7.87. The summed E-state index contributed by atoms with van der Waals surface area (Å²) >= 11 is 0. The Morgan fingerprint density at radius 2 is 1.89 bits per heavy atom. The van der Waals surface area contributed by atoms with Crippen molar-refractivity contribution in [3.05, 3.63) is 29.8 Å². The van der Waals surface area contributed by atoms with Gasteiger partial charge in [0.15, 0.2) is 5.96 Å². The van der Waals surface area contributed by atoms with E-state index >= 15 is 0 Å². The van der Waals surface area contributed by atoms with Crippen LogP contribution in [0.4, 0.5) is 5.69 Å². The molecule has 1 aliphatic rings. The van der Waals surface area contributed by atoms with E-state index in [1.165, 1.54) is 5.56 Å². The topological polar surface area (TPSA) is 60.0 Å². The monoisotopic (exact) mass is 501 g/mol. The lowest BCUT2D eigenvalue weighted by molar-refractivity contribution is -0.117. The van der Waals surface area contributed by atoms with Crippen molar-refractivity contribution >= 4 is 41.5 Å². The number of hydrogen-bond acceptors (Lipinski definition) is 3. The Bertz CT molecular complexity index is 630. The molecule has 1 fully saturated rings. The van der Waals surface area contributed by atoms with Crippen LogP contribution in [0.3, 0.4) is 0 Å². The van der Waals surface area contributed by atoms with E-state index in [4.69, 9.17) is 0 Å². The van der Waals surface area contributed by atoms with Gasteiger partial charge in [-0.25, -0.2) is 0 Å². The Hall–Kier alpha value is -1.35. The number of guanidine groups is 1. The molecule has 0 aromatic heterocycles. The molecule has 0 bridgehead atoms. The lowest BCUT2D eigenvalue weighted by Crippen LogP contribution is -2.45. The fraction of sp³-hybridized carbons (Fsp3) is 0.619. The van der Waals surface area contributed by atoms with E-state index in [-0.39, 0.29) is 29.9 Å². The summed E-state index contributed by atoms with van der Waals surface area (Å²) in [5.41, 5.74) is 2.16. The molecule has 1 saturated heterocycles. The molecule has 0 saturated carbocycles. The fourth-order valence-corrected chi connectivity index (χ4v) is 3.36. The number of likely N-dealkylation sites (N-methyl/N-ethyl adjacent to an activating group) is 1. The molecule has 0 aliphatic carbocycles. The largest absolute Gasteiger partial charge is 0.355 e. The summed E-state index contributed by atoms with van der Waals surface area (Å²) in [4.78, 5) is 20.3. The van der Waals surface area contributed by atoms with Crippen molar-refractivity contribution < 1.29 is 4.79 Å². The van der Waals surface area contributed by atoms with Crippen LogP contribution in [0.15, 0.2) is 29.3 Å². The second-order valence-corrected chi connectivity index (χ2v) is 7.87. The zero-order valence-electron chi connectivity index (χ0n) is 17.9. The molecule has 1 heterocycles. The SMILES string of the molecule is CN=C(NCc1ccc(N2CCCC2=O)cc1)NCC(CC(C)C)N(C)C.I. The molecule has 1 amide bonds. The number of nitrogens with zero attached hydrogens (tertiary/aromatic N) is 3. The van der Waals surface area contributed by atoms with Crippen LogP contribution in [0.5, 0.6) is 0 Å². The van der Waals surface area contributed by atoms with Crippen molar-refractivity contribution in [1.82, 2.24) is 15.5 Å². The summed E-state index contributed by atoms with van der Waals surface area (Å²) in [7, 11) is 6.04. The summed E-state index contributed by atoms with van der Waals surface area (Å²) in [6.07, 6.45) is 2.76. The average molecular weight is 501 g/mol. The van der Waals surface area contributed by atoms with E-state index in [0.717, 1.165) is 37.6 Å². The summed E-state index contributed by atoms with van der Waals surface area (Å²) < 4.78 is 0. The molecule has 2 N–H and O–H groups in total. The summed E-state index contributed by atoms with van der Waals surface area (Å²) in [5.74, 6) is 1.70. The summed E-state index contributed by atoms with van der Waals surface area (Å²) in [5, 5.41) is 6.80. The number of nitrogens with one attached hydrogen (secondary N) is 2. The van der Waals surface area contributed by atoms with Gasteiger partial charge in [0.1, 0.15) is 0 Å². The minimum absolute atomic E-state index is 0. The van der Waals surface area contributed by atoms with Crippen LogP contribution < -0.4 is 15.5 Å². The highest BCUT2D eigenvalue weighted by atomic mass is 127. The molecule has 1 aliphatic heterocycles. The zero-order chi connectivity index (χ0) is 19.8. The van der Waals surface area contributed by atoms with Crippen LogP contribution in [-0.2, 0) is 11.3 Å². The highest BCUT2D eigenvalue weighted by molar-refractivity contribution is 14.0. The normalized spacial score (nSPS) is 15.8. The number of benzene rings is 1. The number of anilines is 1. The lowest BCUT2D eigenvalue weighted by Gasteiger charge is -2.27. The molecule has 1 aromatic rings. The standard InChI is InChI=1S/C21H35N5O.HI/c1-16(2)13-19(25(4)5)15-24-21(22-3)23-14-17-8-10-18(11-9-17)26-12-6-7-20(26)27;/h8-11,16,19H,6-7,12-15H2,1-5H3,(H2,22,23,24);1H. The number of halogens is 1. The Morgan fingerprint density at radius 1 is 1.21 bits per heavy atom. The minimum Gasteiger partial charge on any atom is -0.355 e. The molecule has 158 valence electrons. The molecule has 28 heavy (non-hydrogen) atoms. The molecule has 7 heteroatoms. The maximum Gasteiger partial charge on any atom is 0.227 e. The Kier molecular flexibility index (Phi) is 10.8. The first-order valence-corrected chi connectivity index (χ1v) is 9.91. The molecule has 1 atom stereocenters. The third-order valence-electron chi connectivity index (χ3n) is 4.98. The van der Waals surface area contributed by atoms with E-state index in [2.05, 4.69) is 60.6 Å². The van der Waals surface area contributed by atoms with Gasteiger partial charge in [-0.1, -0.05) is 26.0 Å². The van der Waals surface area contributed by atoms with Crippen LogP contribution in [0.1, 0.15) is 38.7 Å². The van der Waals surface area contributed by atoms with Gasteiger partial charge in [-0.05, 0) is 50.6 Å². The predicted molar refractivity (Wildman–Crippen MR) is 129 cm³/mol. The number of amides is 1. The van der Waals surface area contributed by atoms with Crippen molar-refractivity contribution in [1.29, 1.82) is 0 Å². The van der Waals surface area contributed by atoms with E-state index in [1.54, 1.807) is 7.05 Å². The van der Waals surface area contributed by atoms with Gasteiger partial charge in [0, 0.05) is 44.8 Å². The first kappa shape index (κ1) is 24.7. The first-order valence-electron chi connectivity index (χ1n) is 9.91. The molecular formula is C21H36IN5O. The minimum atomic E-state index is 0. The second kappa shape index (κ2) is 12.3. The molecule has 0 radical (unpaired) electrons. The van der Waals surface area contributed by atoms with Crippen LogP contribution in [-0.4, -0.2) is 57.0 Å². The smallest absolute Gasteiger partial charge is 0.227 e. The van der Waals surface area contributed by atoms with Gasteiger partial charge >= 0.3 is 0 Å². The van der Waals surface area contributed by atoms with Crippen LogP contribution in [0, 0.1) is 5.92 Å². The number of carbonyl (C=O) groups excluding carboxylic acids is 1. The van der Waals surface area contributed by atoms with Crippen LogP contribution >= 0.6 is 24.0 Å². The first-order chi connectivity index (χ1) is 12.9. The third kappa shape index (κ3) is 7.58. The quantitative estimate of drug-likeness (QED) is 0.327. The molecule has 2 rings (SSSR count). The van der Waals surface area contributed by atoms with Crippen LogP contribution in [0.2, 0.25) is 0 Å². The van der Waals surface area contributed by atoms with Gasteiger partial charge < -0.3 is 20.4 Å². The number of hydrogen-bond donors (Lipinski definition) is 2. The lowest BCUT2D eigenvalue weighted by atomic mass is 10.0. The Morgan fingerprint density at radius 3 is 2.39 bits per heavy atom. The van der Waals surface area contributed by atoms with Crippen molar-refractivity contribution in [3.63, 3.8) is 0 Å². The predicted octanol–water partition coefficient (Wildman–Crippen LogP) is 3.07. The number of rotatable bonds is 8.